The van der Waals surface area contributed by atoms with Gasteiger partial charge >= 0.3 is 0 Å². The predicted octanol–water partition coefficient (Wildman–Crippen LogP) is 3.51. The summed E-state index contributed by atoms with van der Waals surface area (Å²) in [6.07, 6.45) is 4.13. The number of aldehydes is 1. The molecular formula is C18H18BrN3O2. The van der Waals surface area contributed by atoms with Gasteiger partial charge in [-0.2, -0.15) is 0 Å². The maximum atomic E-state index is 12.4. The van der Waals surface area contributed by atoms with Gasteiger partial charge in [-0.25, -0.2) is 4.98 Å². The minimum atomic E-state index is 0.00241. The van der Waals surface area contributed by atoms with Gasteiger partial charge in [-0.1, -0.05) is 0 Å². The van der Waals surface area contributed by atoms with Crippen molar-refractivity contribution >= 4 is 39.5 Å². The van der Waals surface area contributed by atoms with Crippen molar-refractivity contribution in [3.05, 3.63) is 52.8 Å². The first kappa shape index (κ1) is 16.6. The van der Waals surface area contributed by atoms with Crippen molar-refractivity contribution < 1.29 is 9.59 Å². The molecule has 2 aromatic rings. The van der Waals surface area contributed by atoms with Crippen molar-refractivity contribution in [2.24, 2.45) is 5.92 Å². The number of pyridine rings is 1. The van der Waals surface area contributed by atoms with E-state index >= 15 is 0 Å². The third-order valence-corrected chi connectivity index (χ3v) is 4.91. The molecule has 1 N–H and O–H groups in total. The Hall–Kier alpha value is -2.21. The third-order valence-electron chi connectivity index (χ3n) is 4.28. The zero-order chi connectivity index (χ0) is 16.9. The summed E-state index contributed by atoms with van der Waals surface area (Å²) in [7, 11) is 0. The average molecular weight is 388 g/mol. The Bertz CT molecular complexity index is 725. The molecular weight excluding hydrogens is 370 g/mol. The van der Waals surface area contributed by atoms with Gasteiger partial charge in [0.1, 0.15) is 10.9 Å². The molecule has 5 nitrogen and oxygen atoms in total. The van der Waals surface area contributed by atoms with Gasteiger partial charge in [0, 0.05) is 36.5 Å². The number of piperidine rings is 1. The fraction of sp³-hybridized carbons (Fsp3) is 0.278. The number of hydrogen-bond acceptors (Lipinski definition) is 4. The fourth-order valence-corrected chi connectivity index (χ4v) is 3.23. The number of aromatic nitrogens is 1. The molecule has 0 spiro atoms. The Morgan fingerprint density at radius 3 is 2.54 bits per heavy atom. The molecule has 0 unspecified atom stereocenters. The molecule has 2 heterocycles. The molecule has 1 amide bonds. The Kier molecular flexibility index (Phi) is 5.25. The molecule has 0 atom stereocenters. The molecule has 0 aliphatic carbocycles. The standard InChI is InChI=1S/C18H18BrN3O2/c19-17-16(2-1-9-20-17)21-18(24)14-7-10-22(11-8-14)15-5-3-13(12-23)4-6-15/h1-6,9,12,14H,7-8,10-11H2,(H,21,24). The Morgan fingerprint density at radius 2 is 1.92 bits per heavy atom. The minimum absolute atomic E-state index is 0.00241. The first-order valence-electron chi connectivity index (χ1n) is 7.89. The highest BCUT2D eigenvalue weighted by Gasteiger charge is 2.25. The minimum Gasteiger partial charge on any atom is -0.371 e. The van der Waals surface area contributed by atoms with Crippen LogP contribution >= 0.6 is 15.9 Å². The van der Waals surface area contributed by atoms with Gasteiger partial charge in [-0.3, -0.25) is 9.59 Å². The van der Waals surface area contributed by atoms with Crippen LogP contribution in [-0.2, 0) is 4.79 Å². The van der Waals surface area contributed by atoms with E-state index in [1.54, 1.807) is 12.3 Å². The number of amides is 1. The van der Waals surface area contributed by atoms with E-state index < -0.39 is 0 Å². The molecule has 0 bridgehead atoms. The van der Waals surface area contributed by atoms with Crippen LogP contribution in [0.4, 0.5) is 11.4 Å². The maximum Gasteiger partial charge on any atom is 0.227 e. The summed E-state index contributed by atoms with van der Waals surface area (Å²) < 4.78 is 0.644. The number of rotatable bonds is 4. The summed E-state index contributed by atoms with van der Waals surface area (Å²) in [4.78, 5) is 29.5. The van der Waals surface area contributed by atoms with Crippen LogP contribution in [0.15, 0.2) is 47.2 Å². The highest BCUT2D eigenvalue weighted by Crippen LogP contribution is 2.26. The van der Waals surface area contributed by atoms with Gasteiger partial charge in [0.25, 0.3) is 0 Å². The second kappa shape index (κ2) is 7.57. The van der Waals surface area contributed by atoms with Crippen molar-refractivity contribution in [3.63, 3.8) is 0 Å². The lowest BCUT2D eigenvalue weighted by Crippen LogP contribution is -2.38. The van der Waals surface area contributed by atoms with Crippen LogP contribution < -0.4 is 10.2 Å². The molecule has 1 fully saturated rings. The van der Waals surface area contributed by atoms with Crippen molar-refractivity contribution in [3.8, 4) is 0 Å². The van der Waals surface area contributed by atoms with Gasteiger partial charge in [-0.15, -0.1) is 0 Å². The molecule has 0 saturated carbocycles. The van der Waals surface area contributed by atoms with Crippen molar-refractivity contribution in [2.75, 3.05) is 23.3 Å². The van der Waals surface area contributed by atoms with Gasteiger partial charge in [0.05, 0.1) is 5.69 Å². The van der Waals surface area contributed by atoms with Crippen molar-refractivity contribution in [2.45, 2.75) is 12.8 Å². The number of benzene rings is 1. The normalized spacial score (nSPS) is 15.1. The molecule has 1 aliphatic rings. The molecule has 124 valence electrons. The van der Waals surface area contributed by atoms with Crippen LogP contribution in [0.1, 0.15) is 23.2 Å². The number of nitrogens with one attached hydrogen (secondary N) is 1. The fourth-order valence-electron chi connectivity index (χ4n) is 2.88. The Labute approximate surface area is 149 Å². The quantitative estimate of drug-likeness (QED) is 0.643. The van der Waals surface area contributed by atoms with Crippen LogP contribution in [0.25, 0.3) is 0 Å². The third kappa shape index (κ3) is 3.82. The Balaban J connectivity index is 1.57. The van der Waals surface area contributed by atoms with E-state index in [1.807, 2.05) is 30.3 Å². The summed E-state index contributed by atoms with van der Waals surface area (Å²) in [5.74, 6) is 0.0438. The first-order chi connectivity index (χ1) is 11.7. The SMILES string of the molecule is O=Cc1ccc(N2CCC(C(=O)Nc3cccnc3Br)CC2)cc1. The maximum absolute atomic E-state index is 12.4. The lowest BCUT2D eigenvalue weighted by molar-refractivity contribution is -0.120. The molecule has 1 aromatic heterocycles. The molecule has 0 radical (unpaired) electrons. The lowest BCUT2D eigenvalue weighted by atomic mass is 9.95. The van der Waals surface area contributed by atoms with E-state index in [0.29, 0.717) is 15.9 Å². The van der Waals surface area contributed by atoms with E-state index in [2.05, 4.69) is 31.1 Å². The number of carbonyl (C=O) groups excluding carboxylic acids is 2. The monoisotopic (exact) mass is 387 g/mol. The van der Waals surface area contributed by atoms with E-state index in [4.69, 9.17) is 0 Å². The van der Waals surface area contributed by atoms with E-state index in [9.17, 15) is 9.59 Å². The molecule has 3 rings (SSSR count). The lowest BCUT2D eigenvalue weighted by Gasteiger charge is -2.33. The zero-order valence-electron chi connectivity index (χ0n) is 13.1. The summed E-state index contributed by atoms with van der Waals surface area (Å²) in [6.45, 7) is 1.65. The van der Waals surface area contributed by atoms with E-state index in [1.165, 1.54) is 0 Å². The molecule has 1 aliphatic heterocycles. The molecule has 1 saturated heterocycles. The van der Waals surface area contributed by atoms with Crippen LogP contribution in [0.3, 0.4) is 0 Å². The summed E-state index contributed by atoms with van der Waals surface area (Å²) >= 11 is 3.34. The van der Waals surface area contributed by atoms with Gasteiger partial charge in [0.15, 0.2) is 0 Å². The number of anilines is 2. The second-order valence-corrected chi connectivity index (χ2v) is 6.55. The van der Waals surface area contributed by atoms with Crippen LogP contribution in [0, 0.1) is 5.92 Å². The summed E-state index contributed by atoms with van der Waals surface area (Å²) in [6, 6.07) is 11.2. The van der Waals surface area contributed by atoms with Crippen molar-refractivity contribution in [1.82, 2.24) is 4.98 Å². The molecule has 6 heteroatoms. The number of nitrogens with zero attached hydrogens (tertiary/aromatic N) is 2. The highest BCUT2D eigenvalue weighted by atomic mass is 79.9. The Morgan fingerprint density at radius 1 is 1.21 bits per heavy atom. The van der Waals surface area contributed by atoms with E-state index in [-0.39, 0.29) is 11.8 Å². The number of halogens is 1. The second-order valence-electron chi connectivity index (χ2n) is 5.80. The highest BCUT2D eigenvalue weighted by molar-refractivity contribution is 9.10. The first-order valence-corrected chi connectivity index (χ1v) is 8.68. The average Bonchev–Trinajstić information content (AvgIpc) is 2.64. The summed E-state index contributed by atoms with van der Waals surface area (Å²) in [5.41, 5.74) is 2.47. The largest absolute Gasteiger partial charge is 0.371 e. The van der Waals surface area contributed by atoms with Crippen molar-refractivity contribution in [1.29, 1.82) is 0 Å². The van der Waals surface area contributed by atoms with E-state index in [0.717, 1.165) is 37.9 Å². The van der Waals surface area contributed by atoms with Gasteiger partial charge in [0.2, 0.25) is 5.91 Å². The van der Waals surface area contributed by atoms with Gasteiger partial charge < -0.3 is 10.2 Å². The topological polar surface area (TPSA) is 62.3 Å². The van der Waals surface area contributed by atoms with Crippen LogP contribution in [0.2, 0.25) is 0 Å². The predicted molar refractivity (Wildman–Crippen MR) is 97.3 cm³/mol. The molecule has 1 aromatic carbocycles. The van der Waals surface area contributed by atoms with Crippen LogP contribution in [0.5, 0.6) is 0 Å². The van der Waals surface area contributed by atoms with Gasteiger partial charge in [-0.05, 0) is 65.2 Å². The zero-order valence-corrected chi connectivity index (χ0v) is 14.7. The number of carbonyl (C=O) groups is 2. The molecule has 24 heavy (non-hydrogen) atoms. The smallest absolute Gasteiger partial charge is 0.227 e. The number of hydrogen-bond donors (Lipinski definition) is 1. The van der Waals surface area contributed by atoms with Crippen LogP contribution in [-0.4, -0.2) is 30.3 Å². The summed E-state index contributed by atoms with van der Waals surface area (Å²) in [5, 5.41) is 2.94.